The van der Waals surface area contributed by atoms with E-state index in [0.717, 1.165) is 6.54 Å². The van der Waals surface area contributed by atoms with Crippen LogP contribution >= 0.6 is 18.6 Å². The summed E-state index contributed by atoms with van der Waals surface area (Å²) < 4.78 is 0.200. The fraction of sp³-hybridized carbons (Fsp3) is 0.667. The molecule has 2 aliphatic rings. The van der Waals surface area contributed by atoms with Gasteiger partial charge in [-0.25, -0.2) is 0 Å². The Morgan fingerprint density at radius 2 is 1.47 bits per heavy atom. The Hall–Kier alpha value is 0.734. The predicted molar refractivity (Wildman–Crippen MR) is 88.2 cm³/mol. The molecule has 112 valence electrons. The summed E-state index contributed by atoms with van der Waals surface area (Å²) >= 11 is 0. The zero-order chi connectivity index (χ0) is 14.9. The minimum atomic E-state index is -4.20. The maximum absolute atomic E-state index is 6.75. The van der Waals surface area contributed by atoms with E-state index in [9.17, 15) is 0 Å². The number of allylic oxidation sites excluding steroid dienone is 4. The van der Waals surface area contributed by atoms with Crippen LogP contribution < -0.4 is 0 Å². The molecule has 0 N–H and O–H groups in total. The number of nitrogens with zero attached hydrogens (tertiary/aromatic N) is 1. The molecule has 0 aromatic carbocycles. The molecule has 0 spiro atoms. The van der Waals surface area contributed by atoms with E-state index >= 15 is 0 Å². The van der Waals surface area contributed by atoms with Gasteiger partial charge in [0.1, 0.15) is 0 Å². The zero-order valence-electron chi connectivity index (χ0n) is 12.8. The van der Waals surface area contributed by atoms with Gasteiger partial charge in [0, 0.05) is 0 Å². The van der Waals surface area contributed by atoms with E-state index in [2.05, 4.69) is 24.0 Å². The molecule has 0 atom stereocenters. The summed E-state index contributed by atoms with van der Waals surface area (Å²) in [6, 6.07) is 0. The van der Waals surface area contributed by atoms with Crippen molar-refractivity contribution in [1.29, 1.82) is 0 Å². The van der Waals surface area contributed by atoms with E-state index in [1.165, 1.54) is 25.9 Å². The quantitative estimate of drug-likeness (QED) is 0.550. The van der Waals surface area contributed by atoms with Crippen LogP contribution in [-0.2, 0) is 10.6 Å². The number of hydrogen-bond donors (Lipinski definition) is 0. The van der Waals surface area contributed by atoms with Crippen molar-refractivity contribution >= 4 is 18.6 Å². The fourth-order valence-electron chi connectivity index (χ4n) is 2.35. The molecular formula is C15H29Cl2NTi. The normalized spacial score (nSPS) is 26.2. The maximum atomic E-state index is 6.75. The number of rotatable bonds is 2. The molecule has 1 aliphatic carbocycles. The molecule has 0 bridgehead atoms. The first kappa shape index (κ1) is 17.8. The molecule has 1 fully saturated rings. The summed E-state index contributed by atoms with van der Waals surface area (Å²) in [6.07, 6.45) is 11.0. The third-order valence-corrected chi connectivity index (χ3v) is 11.5. The van der Waals surface area contributed by atoms with Crippen molar-refractivity contribution in [2.75, 3.05) is 19.6 Å². The average molecular weight is 342 g/mol. The van der Waals surface area contributed by atoms with Gasteiger partial charge in [0.25, 0.3) is 0 Å². The van der Waals surface area contributed by atoms with Gasteiger partial charge in [-0.15, -0.1) is 0 Å². The van der Waals surface area contributed by atoms with Crippen LogP contribution in [0.15, 0.2) is 24.3 Å². The van der Waals surface area contributed by atoms with Crippen molar-refractivity contribution in [2.45, 2.75) is 38.0 Å². The van der Waals surface area contributed by atoms with Gasteiger partial charge in [0.2, 0.25) is 0 Å². The molecule has 0 amide bonds. The van der Waals surface area contributed by atoms with Gasteiger partial charge in [-0.05, 0) is 39.4 Å². The summed E-state index contributed by atoms with van der Waals surface area (Å²) in [5.74, 6) is 0. The Kier molecular flexibility index (Phi) is 4.09. The summed E-state index contributed by atoms with van der Waals surface area (Å²) in [5, 5.41) is 8.13. The fourth-order valence-corrected chi connectivity index (χ4v) is 6.76. The van der Waals surface area contributed by atoms with E-state index in [0.29, 0.717) is 0 Å². The molecule has 0 aromatic heterocycles. The Morgan fingerprint density at radius 1 is 1.05 bits per heavy atom. The van der Waals surface area contributed by atoms with Gasteiger partial charge >= 0.3 is 78.7 Å². The van der Waals surface area contributed by atoms with Gasteiger partial charge in [-0.1, -0.05) is 0 Å². The predicted octanol–water partition coefficient (Wildman–Crippen LogP) is 6.08. The number of halogens is 2. The zero-order valence-corrected chi connectivity index (χ0v) is 15.9. The average Bonchev–Trinajstić information content (AvgIpc) is 2.88. The monoisotopic (exact) mass is 341 g/mol. The Labute approximate surface area is 122 Å². The van der Waals surface area contributed by atoms with Crippen LogP contribution in [0.5, 0.6) is 0 Å². The van der Waals surface area contributed by atoms with Crippen molar-refractivity contribution in [1.82, 2.24) is 4.90 Å². The first-order valence-electron chi connectivity index (χ1n) is 7.28. The van der Waals surface area contributed by atoms with E-state index < -0.39 is 10.6 Å². The van der Waals surface area contributed by atoms with E-state index in [1.54, 1.807) is 0 Å². The van der Waals surface area contributed by atoms with Crippen LogP contribution in [0.25, 0.3) is 0 Å². The summed E-state index contributed by atoms with van der Waals surface area (Å²) in [4.78, 5) is 2.38. The molecule has 19 heavy (non-hydrogen) atoms. The van der Waals surface area contributed by atoms with Crippen molar-refractivity contribution < 1.29 is 10.6 Å². The first-order valence-corrected chi connectivity index (χ1v) is 18.7. The first-order chi connectivity index (χ1) is 8.23. The van der Waals surface area contributed by atoms with Gasteiger partial charge in [-0.3, -0.25) is 0 Å². The number of hydrogen-bond acceptors (Lipinski definition) is 1. The number of likely N-dealkylation sites (tertiary alicyclic amines) is 1. The molecule has 4 heteroatoms. The second-order valence-electron chi connectivity index (χ2n) is 9.30. The summed E-state index contributed by atoms with van der Waals surface area (Å²) in [7, 11) is 9.30. The van der Waals surface area contributed by atoms with Gasteiger partial charge in [-0.2, -0.15) is 0 Å². The van der Waals surface area contributed by atoms with Crippen LogP contribution in [0.1, 0.15) is 12.8 Å². The van der Waals surface area contributed by atoms with Gasteiger partial charge in [0.05, 0.1) is 0 Å². The van der Waals surface area contributed by atoms with Crippen molar-refractivity contribution in [3.8, 4) is 0 Å². The second-order valence-corrected chi connectivity index (χ2v) is 45.6. The Morgan fingerprint density at radius 3 is 1.68 bits per heavy atom. The molecule has 1 saturated heterocycles. The Bertz CT molecular complexity index is 373. The minimum absolute atomic E-state index is 0.200. The molecular weight excluding hydrogens is 313 g/mol. The summed E-state index contributed by atoms with van der Waals surface area (Å²) in [5.41, 5.74) is 0. The van der Waals surface area contributed by atoms with Crippen LogP contribution in [0.4, 0.5) is 0 Å². The second kappa shape index (κ2) is 4.37. The van der Waals surface area contributed by atoms with Crippen LogP contribution in [-0.4, -0.2) is 24.5 Å². The van der Waals surface area contributed by atoms with Crippen molar-refractivity contribution in [3.63, 3.8) is 0 Å². The van der Waals surface area contributed by atoms with E-state index in [4.69, 9.17) is 18.6 Å². The molecule has 1 heterocycles. The van der Waals surface area contributed by atoms with Crippen molar-refractivity contribution in [3.05, 3.63) is 31.2 Å². The molecule has 2 rings (SSSR count). The van der Waals surface area contributed by atoms with E-state index in [-0.39, 0.29) is 4.22 Å². The van der Waals surface area contributed by atoms with Crippen LogP contribution in [0, 0.1) is 6.92 Å². The Balaban J connectivity index is 0.000000218. The summed E-state index contributed by atoms with van der Waals surface area (Å²) in [6.45, 7) is 7.36. The van der Waals surface area contributed by atoms with Crippen molar-refractivity contribution in [2.24, 2.45) is 0 Å². The van der Waals surface area contributed by atoms with Gasteiger partial charge in [0.15, 0.2) is 0 Å². The topological polar surface area (TPSA) is 3.24 Å². The molecule has 0 unspecified atom stereocenters. The van der Waals surface area contributed by atoms with Gasteiger partial charge < -0.3 is 4.90 Å². The molecule has 1 nitrogen and oxygen atoms in total. The SMILES string of the molecule is [CH2]CN1CCCC1.[CH3][Ti]([CH3])([CH3])([CH3])([Cl])([Cl])[CH]1C=CC=C1. The third kappa shape index (κ3) is 6.35. The van der Waals surface area contributed by atoms with E-state index in [1.807, 2.05) is 33.1 Å². The van der Waals surface area contributed by atoms with Crippen LogP contribution in [0.2, 0.25) is 25.1 Å². The molecule has 0 saturated carbocycles. The molecule has 1 aliphatic heterocycles. The third-order valence-electron chi connectivity index (χ3n) is 3.85. The molecule has 1 radical (unpaired) electrons. The molecule has 0 aromatic rings. The standard InChI is InChI=1S/C6H12N.C5H5.4CH3.2ClH.Ti/c1-2-7-5-3-4-6-7;1-2-4-5-3-1;;;;;;;/h1-6H2;1-5H;4*1H3;2*1H;/q;;;;;;;;+2/p-2. The van der Waals surface area contributed by atoms with Crippen LogP contribution in [0.3, 0.4) is 0 Å².